The number of nitrogens with zero attached hydrogens (tertiary/aromatic N) is 1. The molecule has 7 heteroatoms. The van der Waals surface area contributed by atoms with Gasteiger partial charge >= 0.3 is 5.97 Å². The maximum Gasteiger partial charge on any atom is 0.350 e. The third-order valence-corrected chi connectivity index (χ3v) is 4.31. The second kappa shape index (κ2) is 9.80. The van der Waals surface area contributed by atoms with Crippen molar-refractivity contribution in [3.05, 3.63) is 46.7 Å². The number of rotatable bonds is 9. The molecule has 0 saturated heterocycles. The number of carbonyl (C=O) groups excluding carboxylic acids is 2. The summed E-state index contributed by atoms with van der Waals surface area (Å²) in [5.41, 5.74) is 0.489. The predicted octanol–water partition coefficient (Wildman–Crippen LogP) is 2.87. The highest BCUT2D eigenvalue weighted by Gasteiger charge is 2.16. The summed E-state index contributed by atoms with van der Waals surface area (Å²) in [6, 6.07) is 11.3. The molecule has 0 unspecified atom stereocenters. The molecular formula is C18H22N2O4S. The molecule has 0 spiro atoms. The molecule has 1 aromatic carbocycles. The second-order valence-corrected chi connectivity index (χ2v) is 6.37. The number of hydrogen-bond acceptors (Lipinski definition) is 6. The first-order valence-electron chi connectivity index (χ1n) is 7.92. The van der Waals surface area contributed by atoms with Crippen LogP contribution in [0.1, 0.15) is 16.1 Å². The lowest BCUT2D eigenvalue weighted by molar-refractivity contribution is -0.117. The van der Waals surface area contributed by atoms with E-state index in [1.807, 2.05) is 42.3 Å². The molecule has 0 aliphatic carbocycles. The maximum absolute atomic E-state index is 12.1. The number of hydrogen-bond donors (Lipinski definition) is 1. The monoisotopic (exact) mass is 362 g/mol. The third kappa shape index (κ3) is 6.21. The fourth-order valence-corrected chi connectivity index (χ4v) is 2.98. The Balaban J connectivity index is 1.70. The lowest BCUT2D eigenvalue weighted by atomic mass is 10.3. The largest absolute Gasteiger partial charge is 0.494 e. The zero-order valence-electron chi connectivity index (χ0n) is 14.4. The number of thiophene rings is 1. The molecule has 0 bridgehead atoms. The van der Waals surface area contributed by atoms with Gasteiger partial charge in [-0.25, -0.2) is 4.79 Å². The van der Waals surface area contributed by atoms with Crippen LogP contribution in [0.3, 0.4) is 0 Å². The van der Waals surface area contributed by atoms with Crippen LogP contribution in [0, 0.1) is 0 Å². The van der Waals surface area contributed by atoms with E-state index in [1.165, 1.54) is 18.4 Å². The summed E-state index contributed by atoms with van der Waals surface area (Å²) < 4.78 is 10.3. The van der Waals surface area contributed by atoms with Gasteiger partial charge in [0.25, 0.3) is 0 Å². The van der Waals surface area contributed by atoms with Crippen molar-refractivity contribution in [3.63, 3.8) is 0 Å². The van der Waals surface area contributed by atoms with Crippen molar-refractivity contribution in [2.75, 3.05) is 39.2 Å². The van der Waals surface area contributed by atoms with Gasteiger partial charge in [0.1, 0.15) is 10.6 Å². The van der Waals surface area contributed by atoms with Crippen LogP contribution in [0.4, 0.5) is 5.69 Å². The van der Waals surface area contributed by atoms with Crippen LogP contribution in [0.5, 0.6) is 5.75 Å². The SMILES string of the molecule is COC(=O)c1sccc1NC(=O)CN(C)CCCOc1ccccc1. The fraction of sp³-hybridized carbons (Fsp3) is 0.333. The Morgan fingerprint density at radius 1 is 1.20 bits per heavy atom. The lowest BCUT2D eigenvalue weighted by Gasteiger charge is -2.16. The van der Waals surface area contributed by atoms with Crippen LogP contribution in [-0.2, 0) is 9.53 Å². The first-order chi connectivity index (χ1) is 12.1. The first-order valence-corrected chi connectivity index (χ1v) is 8.80. The van der Waals surface area contributed by atoms with Gasteiger partial charge in [-0.05, 0) is 37.0 Å². The normalized spacial score (nSPS) is 10.5. The van der Waals surface area contributed by atoms with E-state index < -0.39 is 5.97 Å². The van der Waals surface area contributed by atoms with Crippen molar-refractivity contribution >= 4 is 28.9 Å². The average molecular weight is 362 g/mol. The van der Waals surface area contributed by atoms with E-state index in [0.717, 1.165) is 18.7 Å². The second-order valence-electron chi connectivity index (χ2n) is 5.46. The molecule has 0 atom stereocenters. The summed E-state index contributed by atoms with van der Waals surface area (Å²) in [6.07, 6.45) is 0.810. The highest BCUT2D eigenvalue weighted by Crippen LogP contribution is 2.23. The number of amides is 1. The van der Waals surface area contributed by atoms with E-state index >= 15 is 0 Å². The third-order valence-electron chi connectivity index (χ3n) is 3.42. The number of carbonyl (C=O) groups is 2. The Kier molecular flexibility index (Phi) is 7.43. The zero-order chi connectivity index (χ0) is 18.1. The summed E-state index contributed by atoms with van der Waals surface area (Å²) in [4.78, 5) is 26.0. The minimum Gasteiger partial charge on any atom is -0.494 e. The molecule has 0 saturated carbocycles. The molecule has 1 aromatic heterocycles. The molecule has 1 amide bonds. The number of anilines is 1. The van der Waals surface area contributed by atoms with Gasteiger partial charge in [0.05, 0.1) is 25.9 Å². The Morgan fingerprint density at radius 2 is 1.96 bits per heavy atom. The minimum atomic E-state index is -0.447. The molecular weight excluding hydrogens is 340 g/mol. The molecule has 0 aliphatic heterocycles. The van der Waals surface area contributed by atoms with Crippen LogP contribution >= 0.6 is 11.3 Å². The molecule has 6 nitrogen and oxygen atoms in total. The highest BCUT2D eigenvalue weighted by atomic mass is 32.1. The molecule has 1 N–H and O–H groups in total. The van der Waals surface area contributed by atoms with Crippen LogP contribution in [0.15, 0.2) is 41.8 Å². The van der Waals surface area contributed by atoms with Crippen molar-refractivity contribution in [1.29, 1.82) is 0 Å². The van der Waals surface area contributed by atoms with Crippen molar-refractivity contribution in [1.82, 2.24) is 4.90 Å². The molecule has 2 aromatic rings. The summed E-state index contributed by atoms with van der Waals surface area (Å²) in [5.74, 6) is 0.224. The number of para-hydroxylation sites is 1. The number of likely N-dealkylation sites (N-methyl/N-ethyl adjacent to an activating group) is 1. The Bertz CT molecular complexity index is 687. The molecule has 2 rings (SSSR count). The summed E-state index contributed by atoms with van der Waals surface area (Å²) in [5, 5.41) is 4.49. The molecule has 0 fully saturated rings. The number of ether oxygens (including phenoxy) is 2. The molecule has 0 radical (unpaired) electrons. The van der Waals surface area contributed by atoms with Crippen molar-refractivity contribution in [3.8, 4) is 5.75 Å². The maximum atomic E-state index is 12.1. The van der Waals surface area contributed by atoms with Gasteiger partial charge < -0.3 is 14.8 Å². The van der Waals surface area contributed by atoms with Gasteiger partial charge in [-0.2, -0.15) is 0 Å². The standard InChI is InChI=1S/C18H22N2O4S/c1-20(10-6-11-24-14-7-4-3-5-8-14)13-16(21)19-15-9-12-25-17(15)18(22)23-2/h3-5,7-9,12H,6,10-11,13H2,1-2H3,(H,19,21). The minimum absolute atomic E-state index is 0.171. The fourth-order valence-electron chi connectivity index (χ4n) is 2.21. The van der Waals surface area contributed by atoms with Gasteiger partial charge in [-0.3, -0.25) is 9.69 Å². The van der Waals surface area contributed by atoms with Crippen LogP contribution in [-0.4, -0.2) is 50.6 Å². The van der Waals surface area contributed by atoms with Gasteiger partial charge in [0.15, 0.2) is 0 Å². The summed E-state index contributed by atoms with van der Waals surface area (Å²) in [6.45, 7) is 1.56. The Hall–Kier alpha value is -2.38. The number of benzene rings is 1. The van der Waals surface area contributed by atoms with Crippen LogP contribution in [0.2, 0.25) is 0 Å². The van der Waals surface area contributed by atoms with Crippen LogP contribution in [0.25, 0.3) is 0 Å². The van der Waals surface area contributed by atoms with Gasteiger partial charge in [-0.15, -0.1) is 11.3 Å². The van der Waals surface area contributed by atoms with E-state index in [2.05, 4.69) is 5.32 Å². The van der Waals surface area contributed by atoms with E-state index in [1.54, 1.807) is 11.4 Å². The smallest absolute Gasteiger partial charge is 0.350 e. The summed E-state index contributed by atoms with van der Waals surface area (Å²) in [7, 11) is 3.19. The van der Waals surface area contributed by atoms with Crippen molar-refractivity contribution < 1.29 is 19.1 Å². The Morgan fingerprint density at radius 3 is 2.68 bits per heavy atom. The van der Waals surface area contributed by atoms with E-state index in [0.29, 0.717) is 17.2 Å². The lowest BCUT2D eigenvalue weighted by Crippen LogP contribution is -2.31. The zero-order valence-corrected chi connectivity index (χ0v) is 15.2. The number of esters is 1. The predicted molar refractivity (Wildman–Crippen MR) is 98.3 cm³/mol. The van der Waals surface area contributed by atoms with Crippen molar-refractivity contribution in [2.24, 2.45) is 0 Å². The van der Waals surface area contributed by atoms with Crippen LogP contribution < -0.4 is 10.1 Å². The van der Waals surface area contributed by atoms with E-state index in [9.17, 15) is 9.59 Å². The van der Waals surface area contributed by atoms with Crippen molar-refractivity contribution in [2.45, 2.75) is 6.42 Å². The van der Waals surface area contributed by atoms with E-state index in [-0.39, 0.29) is 12.5 Å². The number of methoxy groups -OCH3 is 1. The first kappa shape index (κ1) is 19.0. The van der Waals surface area contributed by atoms with Gasteiger partial charge in [0.2, 0.25) is 5.91 Å². The highest BCUT2D eigenvalue weighted by molar-refractivity contribution is 7.12. The topological polar surface area (TPSA) is 67.9 Å². The molecule has 1 heterocycles. The quantitative estimate of drug-likeness (QED) is 0.549. The van der Waals surface area contributed by atoms with Gasteiger partial charge in [0, 0.05) is 6.54 Å². The van der Waals surface area contributed by atoms with Gasteiger partial charge in [-0.1, -0.05) is 18.2 Å². The molecule has 25 heavy (non-hydrogen) atoms. The number of nitrogens with one attached hydrogen (secondary N) is 1. The molecule has 134 valence electrons. The molecule has 0 aliphatic rings. The Labute approximate surface area is 151 Å². The average Bonchev–Trinajstić information content (AvgIpc) is 3.07. The van der Waals surface area contributed by atoms with E-state index in [4.69, 9.17) is 9.47 Å². The summed E-state index contributed by atoms with van der Waals surface area (Å²) >= 11 is 1.24.